The second kappa shape index (κ2) is 8.21. The zero-order valence-corrected chi connectivity index (χ0v) is 17.0. The minimum atomic E-state index is -0.103. The first-order valence-corrected chi connectivity index (χ1v) is 11.0. The Morgan fingerprint density at radius 2 is 1.48 bits per heavy atom. The lowest BCUT2D eigenvalue weighted by molar-refractivity contribution is -0.0123. The standard InChI is InChI=1S/C25H29N3O/c1-4-10-20(11-5-1)23-22-14-8-3-9-15-25(22,28-16-18-29-19-17-28)24(27-26-23)21-12-6-2-7-13-21/h1-2,4-7,10-13,22H,3,8-9,14-19H2/t22-,25+/m1/s1. The van der Waals surface area contributed by atoms with Gasteiger partial charge >= 0.3 is 0 Å². The van der Waals surface area contributed by atoms with E-state index in [1.165, 1.54) is 36.1 Å². The van der Waals surface area contributed by atoms with Crippen molar-refractivity contribution in [2.24, 2.45) is 16.1 Å². The Morgan fingerprint density at radius 3 is 2.21 bits per heavy atom. The third-order valence-corrected chi connectivity index (χ3v) is 6.82. The first kappa shape index (κ1) is 18.7. The van der Waals surface area contributed by atoms with Crippen LogP contribution in [0.4, 0.5) is 0 Å². The molecule has 0 N–H and O–H groups in total. The molecule has 3 aliphatic rings. The summed E-state index contributed by atoms with van der Waals surface area (Å²) in [5, 5.41) is 9.82. The van der Waals surface area contributed by atoms with E-state index < -0.39 is 0 Å². The van der Waals surface area contributed by atoms with Crippen molar-refractivity contribution in [3.8, 4) is 0 Å². The molecule has 2 atom stereocenters. The molecule has 0 aromatic heterocycles. The number of nitrogens with zero attached hydrogens (tertiary/aromatic N) is 3. The maximum atomic E-state index is 5.74. The second-order valence-electron chi connectivity index (χ2n) is 8.34. The summed E-state index contributed by atoms with van der Waals surface area (Å²) in [6.45, 7) is 3.53. The highest BCUT2D eigenvalue weighted by atomic mass is 16.5. The summed E-state index contributed by atoms with van der Waals surface area (Å²) < 4.78 is 5.74. The van der Waals surface area contributed by atoms with Crippen LogP contribution in [0.2, 0.25) is 0 Å². The number of fused-ring (bicyclic) bond motifs is 1. The first-order chi connectivity index (χ1) is 14.4. The first-order valence-electron chi connectivity index (χ1n) is 11.0. The van der Waals surface area contributed by atoms with Gasteiger partial charge in [0.1, 0.15) is 0 Å². The summed E-state index contributed by atoms with van der Waals surface area (Å²) in [4.78, 5) is 2.68. The number of hydrogen-bond acceptors (Lipinski definition) is 4. The Morgan fingerprint density at radius 1 is 0.793 bits per heavy atom. The monoisotopic (exact) mass is 387 g/mol. The molecule has 4 heteroatoms. The molecule has 0 bridgehead atoms. The summed E-state index contributed by atoms with van der Waals surface area (Å²) in [6, 6.07) is 21.4. The molecule has 2 aliphatic heterocycles. The third-order valence-electron chi connectivity index (χ3n) is 6.82. The number of rotatable bonds is 3. The molecular weight excluding hydrogens is 358 g/mol. The molecule has 0 spiro atoms. The van der Waals surface area contributed by atoms with Crippen LogP contribution in [0.15, 0.2) is 70.9 Å². The average Bonchev–Trinajstić information content (AvgIpc) is 3.04. The van der Waals surface area contributed by atoms with Crippen molar-refractivity contribution in [2.75, 3.05) is 26.3 Å². The average molecular weight is 388 g/mol. The second-order valence-corrected chi connectivity index (χ2v) is 8.34. The largest absolute Gasteiger partial charge is 0.379 e. The molecule has 5 rings (SSSR count). The predicted octanol–water partition coefficient (Wildman–Crippen LogP) is 4.54. The lowest BCUT2D eigenvalue weighted by Gasteiger charge is -2.51. The van der Waals surface area contributed by atoms with E-state index in [1.807, 2.05) is 0 Å². The molecular formula is C25H29N3O. The molecule has 4 nitrogen and oxygen atoms in total. The predicted molar refractivity (Wildman–Crippen MR) is 118 cm³/mol. The third kappa shape index (κ3) is 3.34. The summed E-state index contributed by atoms with van der Waals surface area (Å²) >= 11 is 0. The van der Waals surface area contributed by atoms with Gasteiger partial charge in [0.25, 0.3) is 0 Å². The zero-order chi connectivity index (χ0) is 19.5. The molecule has 1 aliphatic carbocycles. The van der Waals surface area contributed by atoms with Gasteiger partial charge in [-0.15, -0.1) is 0 Å². The topological polar surface area (TPSA) is 37.2 Å². The normalized spacial score (nSPS) is 28.1. The summed E-state index contributed by atoms with van der Waals surface area (Å²) in [6.07, 6.45) is 6.08. The Bertz CT molecular complexity index is 887. The van der Waals surface area contributed by atoms with Crippen LogP contribution < -0.4 is 0 Å². The van der Waals surface area contributed by atoms with Gasteiger partial charge in [0.15, 0.2) is 0 Å². The van der Waals surface area contributed by atoms with Gasteiger partial charge in [-0.1, -0.05) is 79.9 Å². The van der Waals surface area contributed by atoms with Gasteiger partial charge in [0.2, 0.25) is 0 Å². The van der Waals surface area contributed by atoms with Crippen molar-refractivity contribution in [1.82, 2.24) is 4.90 Å². The van der Waals surface area contributed by atoms with Gasteiger partial charge in [-0.05, 0) is 24.0 Å². The van der Waals surface area contributed by atoms with Crippen LogP contribution in [0.25, 0.3) is 0 Å². The maximum Gasteiger partial charge on any atom is 0.0912 e. The Labute approximate surface area is 173 Å². The van der Waals surface area contributed by atoms with E-state index in [2.05, 4.69) is 65.6 Å². The zero-order valence-electron chi connectivity index (χ0n) is 17.0. The molecule has 1 saturated heterocycles. The van der Waals surface area contributed by atoms with Crippen molar-refractivity contribution < 1.29 is 4.74 Å². The van der Waals surface area contributed by atoms with E-state index >= 15 is 0 Å². The van der Waals surface area contributed by atoms with E-state index in [-0.39, 0.29) is 5.54 Å². The van der Waals surface area contributed by atoms with Crippen LogP contribution in [-0.4, -0.2) is 48.2 Å². The van der Waals surface area contributed by atoms with E-state index in [0.717, 1.165) is 44.9 Å². The summed E-state index contributed by atoms with van der Waals surface area (Å²) in [5.74, 6) is 0.359. The molecule has 0 unspecified atom stereocenters. The van der Waals surface area contributed by atoms with Gasteiger partial charge in [-0.2, -0.15) is 10.2 Å². The lowest BCUT2D eigenvalue weighted by atomic mass is 9.68. The molecule has 2 aromatic carbocycles. The quantitative estimate of drug-likeness (QED) is 0.775. The minimum Gasteiger partial charge on any atom is -0.379 e. The van der Waals surface area contributed by atoms with Crippen molar-refractivity contribution in [1.29, 1.82) is 0 Å². The number of ether oxygens (including phenoxy) is 1. The number of hydrogen-bond donors (Lipinski definition) is 0. The molecule has 0 radical (unpaired) electrons. The van der Waals surface area contributed by atoms with Crippen LogP contribution in [0.3, 0.4) is 0 Å². The molecule has 2 aromatic rings. The van der Waals surface area contributed by atoms with E-state index in [9.17, 15) is 0 Å². The molecule has 0 amide bonds. The van der Waals surface area contributed by atoms with Gasteiger partial charge < -0.3 is 4.74 Å². The van der Waals surface area contributed by atoms with Crippen molar-refractivity contribution >= 4 is 11.4 Å². The maximum absolute atomic E-state index is 5.74. The fourth-order valence-corrected chi connectivity index (χ4v) is 5.50. The van der Waals surface area contributed by atoms with E-state index in [0.29, 0.717) is 5.92 Å². The van der Waals surface area contributed by atoms with Crippen LogP contribution in [0.5, 0.6) is 0 Å². The number of benzene rings is 2. The Hall–Kier alpha value is -2.30. The van der Waals surface area contributed by atoms with Crippen molar-refractivity contribution in [3.05, 3.63) is 71.8 Å². The SMILES string of the molecule is c1ccc(C2=NN=C(c3ccccc3)[C@]3(N4CCOCC4)CCCCC[C@H]23)cc1. The fraction of sp³-hybridized carbons (Fsp3) is 0.440. The number of morpholine rings is 1. The molecule has 2 heterocycles. The van der Waals surface area contributed by atoms with Crippen LogP contribution in [-0.2, 0) is 4.74 Å². The minimum absolute atomic E-state index is 0.103. The summed E-state index contributed by atoms with van der Waals surface area (Å²) in [5.41, 5.74) is 4.65. The van der Waals surface area contributed by atoms with Crippen LogP contribution in [0.1, 0.15) is 43.2 Å². The molecule has 1 saturated carbocycles. The van der Waals surface area contributed by atoms with E-state index in [1.54, 1.807) is 0 Å². The molecule has 29 heavy (non-hydrogen) atoms. The highest BCUT2D eigenvalue weighted by Crippen LogP contribution is 2.44. The smallest absolute Gasteiger partial charge is 0.0912 e. The van der Waals surface area contributed by atoms with Gasteiger partial charge in [0, 0.05) is 19.0 Å². The molecule has 150 valence electrons. The Kier molecular flexibility index (Phi) is 5.30. The highest BCUT2D eigenvalue weighted by Gasteiger charge is 2.52. The van der Waals surface area contributed by atoms with Crippen LogP contribution >= 0.6 is 0 Å². The van der Waals surface area contributed by atoms with Crippen molar-refractivity contribution in [3.63, 3.8) is 0 Å². The molecule has 2 fully saturated rings. The van der Waals surface area contributed by atoms with Crippen molar-refractivity contribution in [2.45, 2.75) is 37.6 Å². The Balaban J connectivity index is 1.70. The van der Waals surface area contributed by atoms with Gasteiger partial charge in [-0.3, -0.25) is 4.90 Å². The lowest BCUT2D eigenvalue weighted by Crippen LogP contribution is -2.64. The fourth-order valence-electron chi connectivity index (χ4n) is 5.50. The summed E-state index contributed by atoms with van der Waals surface area (Å²) in [7, 11) is 0. The van der Waals surface area contributed by atoms with Gasteiger partial charge in [-0.25, -0.2) is 0 Å². The van der Waals surface area contributed by atoms with Crippen LogP contribution in [0, 0.1) is 5.92 Å². The van der Waals surface area contributed by atoms with E-state index in [4.69, 9.17) is 14.9 Å². The highest BCUT2D eigenvalue weighted by molar-refractivity contribution is 6.15. The van der Waals surface area contributed by atoms with Gasteiger partial charge in [0.05, 0.1) is 30.2 Å².